The SMILES string of the molecule is CC(C)c1ccc(C(=O)COC(=O)CNC(=O)c2ccco2)cc1. The Hall–Kier alpha value is -2.89. The second kappa shape index (κ2) is 8.10. The summed E-state index contributed by atoms with van der Waals surface area (Å²) in [5.74, 6) is -1.03. The zero-order valence-corrected chi connectivity index (χ0v) is 13.6. The van der Waals surface area contributed by atoms with Crippen molar-refractivity contribution in [2.45, 2.75) is 19.8 Å². The Morgan fingerprint density at radius 2 is 1.83 bits per heavy atom. The quantitative estimate of drug-likeness (QED) is 0.623. The van der Waals surface area contributed by atoms with E-state index < -0.39 is 11.9 Å². The molecule has 1 aromatic carbocycles. The highest BCUT2D eigenvalue weighted by atomic mass is 16.5. The molecular weight excluding hydrogens is 310 g/mol. The van der Waals surface area contributed by atoms with Crippen molar-refractivity contribution in [1.29, 1.82) is 0 Å². The van der Waals surface area contributed by atoms with Crippen LogP contribution in [0.1, 0.15) is 46.2 Å². The lowest BCUT2D eigenvalue weighted by Crippen LogP contribution is -2.31. The Bertz CT molecular complexity index is 702. The van der Waals surface area contributed by atoms with Crippen molar-refractivity contribution in [3.05, 3.63) is 59.5 Å². The first-order chi connectivity index (χ1) is 11.5. The molecule has 0 aliphatic heterocycles. The van der Waals surface area contributed by atoms with Gasteiger partial charge in [-0.2, -0.15) is 0 Å². The van der Waals surface area contributed by atoms with Gasteiger partial charge in [-0.3, -0.25) is 14.4 Å². The van der Waals surface area contributed by atoms with Crippen LogP contribution >= 0.6 is 0 Å². The minimum Gasteiger partial charge on any atom is -0.459 e. The highest BCUT2D eigenvalue weighted by Crippen LogP contribution is 2.15. The van der Waals surface area contributed by atoms with Crippen LogP contribution in [0.3, 0.4) is 0 Å². The van der Waals surface area contributed by atoms with Gasteiger partial charge in [0.05, 0.1) is 6.26 Å². The molecule has 1 N–H and O–H groups in total. The first-order valence-corrected chi connectivity index (χ1v) is 7.58. The summed E-state index contributed by atoms with van der Waals surface area (Å²) in [7, 11) is 0. The van der Waals surface area contributed by atoms with E-state index in [4.69, 9.17) is 9.15 Å². The number of ether oxygens (including phenoxy) is 1. The predicted molar refractivity (Wildman–Crippen MR) is 86.9 cm³/mol. The number of hydrogen-bond donors (Lipinski definition) is 1. The largest absolute Gasteiger partial charge is 0.459 e. The van der Waals surface area contributed by atoms with E-state index >= 15 is 0 Å². The fourth-order valence-electron chi connectivity index (χ4n) is 1.98. The molecule has 1 heterocycles. The summed E-state index contributed by atoms with van der Waals surface area (Å²) >= 11 is 0. The summed E-state index contributed by atoms with van der Waals surface area (Å²) in [6.07, 6.45) is 1.36. The second-order valence-corrected chi connectivity index (χ2v) is 5.52. The van der Waals surface area contributed by atoms with Gasteiger partial charge in [0, 0.05) is 5.56 Å². The lowest BCUT2D eigenvalue weighted by Gasteiger charge is -2.07. The van der Waals surface area contributed by atoms with Crippen molar-refractivity contribution in [1.82, 2.24) is 5.32 Å². The van der Waals surface area contributed by atoms with Gasteiger partial charge >= 0.3 is 5.97 Å². The van der Waals surface area contributed by atoms with E-state index in [1.807, 2.05) is 12.1 Å². The molecule has 6 nitrogen and oxygen atoms in total. The molecule has 0 aliphatic carbocycles. The summed E-state index contributed by atoms with van der Waals surface area (Å²) in [6, 6.07) is 10.2. The molecule has 6 heteroatoms. The fourth-order valence-corrected chi connectivity index (χ4v) is 1.98. The van der Waals surface area contributed by atoms with Crippen LogP contribution in [-0.2, 0) is 9.53 Å². The number of amides is 1. The number of hydrogen-bond acceptors (Lipinski definition) is 5. The summed E-state index contributed by atoms with van der Waals surface area (Å²) in [4.78, 5) is 35.1. The lowest BCUT2D eigenvalue weighted by atomic mass is 10.0. The Morgan fingerprint density at radius 3 is 2.42 bits per heavy atom. The van der Waals surface area contributed by atoms with E-state index in [1.54, 1.807) is 18.2 Å². The number of ketones is 1. The van der Waals surface area contributed by atoms with Gasteiger partial charge in [0.2, 0.25) is 0 Å². The molecule has 1 amide bonds. The number of Topliss-reactive ketones (excluding diaryl/α,β-unsaturated/α-hetero) is 1. The number of nitrogens with one attached hydrogen (secondary N) is 1. The maximum atomic E-state index is 12.0. The van der Waals surface area contributed by atoms with E-state index in [0.29, 0.717) is 11.5 Å². The van der Waals surface area contributed by atoms with Crippen molar-refractivity contribution in [2.24, 2.45) is 0 Å². The summed E-state index contributed by atoms with van der Waals surface area (Å²) < 4.78 is 9.76. The molecule has 24 heavy (non-hydrogen) atoms. The Labute approximate surface area is 139 Å². The zero-order valence-electron chi connectivity index (χ0n) is 13.6. The molecule has 2 aromatic rings. The van der Waals surface area contributed by atoms with Gasteiger partial charge < -0.3 is 14.5 Å². The van der Waals surface area contributed by atoms with Crippen LogP contribution in [0.25, 0.3) is 0 Å². The van der Waals surface area contributed by atoms with E-state index in [9.17, 15) is 14.4 Å². The topological polar surface area (TPSA) is 85.6 Å². The molecule has 0 radical (unpaired) electrons. The summed E-state index contributed by atoms with van der Waals surface area (Å²) in [5, 5.41) is 2.35. The molecule has 126 valence electrons. The molecule has 0 aliphatic rings. The zero-order chi connectivity index (χ0) is 17.5. The van der Waals surface area contributed by atoms with Crippen LogP contribution in [0, 0.1) is 0 Å². The Kier molecular flexibility index (Phi) is 5.89. The van der Waals surface area contributed by atoms with Crippen LogP contribution in [0.5, 0.6) is 0 Å². The monoisotopic (exact) mass is 329 g/mol. The molecule has 0 spiro atoms. The van der Waals surface area contributed by atoms with E-state index in [-0.39, 0.29) is 24.7 Å². The highest BCUT2D eigenvalue weighted by Gasteiger charge is 2.13. The number of esters is 1. The van der Waals surface area contributed by atoms with Crippen molar-refractivity contribution < 1.29 is 23.5 Å². The molecule has 0 fully saturated rings. The second-order valence-electron chi connectivity index (χ2n) is 5.52. The molecule has 0 bridgehead atoms. The molecule has 0 unspecified atom stereocenters. The normalized spacial score (nSPS) is 10.5. The maximum absolute atomic E-state index is 12.0. The van der Waals surface area contributed by atoms with Crippen LogP contribution in [0.4, 0.5) is 0 Å². The van der Waals surface area contributed by atoms with Crippen molar-refractivity contribution in [2.75, 3.05) is 13.2 Å². The number of carbonyl (C=O) groups excluding carboxylic acids is 3. The van der Waals surface area contributed by atoms with Gasteiger partial charge in [-0.1, -0.05) is 38.1 Å². The fraction of sp³-hybridized carbons (Fsp3) is 0.278. The number of rotatable bonds is 7. The van der Waals surface area contributed by atoms with Crippen LogP contribution in [-0.4, -0.2) is 30.8 Å². The summed E-state index contributed by atoms with van der Waals surface area (Å²) in [6.45, 7) is 3.43. The minimum atomic E-state index is -0.693. The minimum absolute atomic E-state index is 0.101. The summed E-state index contributed by atoms with van der Waals surface area (Å²) in [5.41, 5.74) is 1.61. The van der Waals surface area contributed by atoms with Crippen LogP contribution in [0.2, 0.25) is 0 Å². The number of carbonyl (C=O) groups is 3. The van der Waals surface area contributed by atoms with Gasteiger partial charge in [-0.15, -0.1) is 0 Å². The third kappa shape index (κ3) is 4.81. The first-order valence-electron chi connectivity index (χ1n) is 7.58. The van der Waals surface area contributed by atoms with Crippen LogP contribution < -0.4 is 5.32 Å². The lowest BCUT2D eigenvalue weighted by molar-refractivity contribution is -0.141. The Balaban J connectivity index is 1.76. The van der Waals surface area contributed by atoms with Crippen molar-refractivity contribution in [3.8, 4) is 0 Å². The molecule has 0 atom stereocenters. The third-order valence-corrected chi connectivity index (χ3v) is 3.40. The molecular formula is C18H19NO5. The van der Waals surface area contributed by atoms with E-state index in [2.05, 4.69) is 19.2 Å². The van der Waals surface area contributed by atoms with E-state index in [1.165, 1.54) is 12.3 Å². The smallest absolute Gasteiger partial charge is 0.325 e. The van der Waals surface area contributed by atoms with Gasteiger partial charge in [-0.05, 0) is 23.6 Å². The third-order valence-electron chi connectivity index (χ3n) is 3.40. The number of furan rings is 1. The van der Waals surface area contributed by atoms with Crippen molar-refractivity contribution in [3.63, 3.8) is 0 Å². The van der Waals surface area contributed by atoms with Gasteiger partial charge in [0.1, 0.15) is 6.54 Å². The average Bonchev–Trinajstić information content (AvgIpc) is 3.12. The molecule has 2 rings (SSSR count). The first kappa shape index (κ1) is 17.5. The predicted octanol–water partition coefficient (Wildman–Crippen LogP) is 2.56. The van der Waals surface area contributed by atoms with Crippen LogP contribution in [0.15, 0.2) is 47.1 Å². The standard InChI is InChI=1S/C18H19NO5/c1-12(2)13-5-7-14(8-6-13)15(20)11-24-17(21)10-19-18(22)16-4-3-9-23-16/h3-9,12H,10-11H2,1-2H3,(H,19,22). The van der Waals surface area contributed by atoms with Gasteiger partial charge in [0.25, 0.3) is 5.91 Å². The molecule has 1 aromatic heterocycles. The number of benzene rings is 1. The highest BCUT2D eigenvalue weighted by molar-refractivity contribution is 5.98. The van der Waals surface area contributed by atoms with E-state index in [0.717, 1.165) is 5.56 Å². The van der Waals surface area contributed by atoms with Crippen molar-refractivity contribution >= 4 is 17.7 Å². The molecule has 0 saturated heterocycles. The van der Waals surface area contributed by atoms with Gasteiger partial charge in [0.15, 0.2) is 18.2 Å². The average molecular weight is 329 g/mol. The maximum Gasteiger partial charge on any atom is 0.325 e. The van der Waals surface area contributed by atoms with Gasteiger partial charge in [-0.25, -0.2) is 0 Å². The molecule has 0 saturated carbocycles. The Morgan fingerprint density at radius 1 is 1.12 bits per heavy atom.